The lowest BCUT2D eigenvalue weighted by Crippen LogP contribution is -2.30. The molecule has 0 saturated carbocycles. The minimum Gasteiger partial charge on any atom is -0.396 e. The van der Waals surface area contributed by atoms with Crippen molar-refractivity contribution in [1.29, 1.82) is 0 Å². The third-order valence-electron chi connectivity index (χ3n) is 2.31. The Morgan fingerprint density at radius 3 is 3.00 bits per heavy atom. The fourth-order valence-electron chi connectivity index (χ4n) is 1.57. The number of likely N-dealkylation sites (N-methyl/N-ethyl adjacent to an activating group) is 1. The monoisotopic (exact) mass is 158 g/mol. The Bertz CT molecular complexity index is 108. The molecule has 1 heterocycles. The van der Waals surface area contributed by atoms with Gasteiger partial charge in [0.25, 0.3) is 0 Å². The van der Waals surface area contributed by atoms with E-state index in [2.05, 4.69) is 10.2 Å². The van der Waals surface area contributed by atoms with Gasteiger partial charge in [0.15, 0.2) is 0 Å². The zero-order chi connectivity index (χ0) is 8.10. The summed E-state index contributed by atoms with van der Waals surface area (Å²) >= 11 is 0. The van der Waals surface area contributed by atoms with Crippen LogP contribution in [0.4, 0.5) is 0 Å². The first-order valence-electron chi connectivity index (χ1n) is 4.37. The van der Waals surface area contributed by atoms with Crippen LogP contribution < -0.4 is 5.32 Å². The van der Waals surface area contributed by atoms with Gasteiger partial charge in [-0.2, -0.15) is 0 Å². The lowest BCUT2D eigenvalue weighted by molar-refractivity contribution is 0.246. The van der Waals surface area contributed by atoms with E-state index in [-0.39, 0.29) is 0 Å². The molecule has 0 bridgehead atoms. The van der Waals surface area contributed by atoms with Crippen molar-refractivity contribution >= 4 is 0 Å². The molecule has 2 N–H and O–H groups in total. The van der Waals surface area contributed by atoms with E-state index in [1.54, 1.807) is 0 Å². The maximum Gasteiger partial charge on any atom is 0.0443 e. The molecule has 1 fully saturated rings. The molecule has 0 aromatic rings. The van der Waals surface area contributed by atoms with Crippen LogP contribution in [-0.2, 0) is 0 Å². The van der Waals surface area contributed by atoms with Gasteiger partial charge in [0.05, 0.1) is 0 Å². The Kier molecular flexibility index (Phi) is 3.83. The van der Waals surface area contributed by atoms with Gasteiger partial charge in [0.2, 0.25) is 0 Å². The molecule has 66 valence electrons. The fraction of sp³-hybridized carbons (Fsp3) is 1.00. The van der Waals surface area contributed by atoms with Gasteiger partial charge in [-0.1, -0.05) is 0 Å². The minimum absolute atomic E-state index is 0.320. The molecule has 0 spiro atoms. The Balaban J connectivity index is 2.09. The first-order chi connectivity index (χ1) is 5.36. The summed E-state index contributed by atoms with van der Waals surface area (Å²) in [6, 6.07) is 0.675. The smallest absolute Gasteiger partial charge is 0.0443 e. The highest BCUT2D eigenvalue weighted by molar-refractivity contribution is 4.79. The maximum absolute atomic E-state index is 8.61. The molecule has 1 unspecified atom stereocenters. The molecule has 1 saturated heterocycles. The topological polar surface area (TPSA) is 35.5 Å². The van der Waals surface area contributed by atoms with E-state index < -0.39 is 0 Å². The van der Waals surface area contributed by atoms with Crippen molar-refractivity contribution in [2.24, 2.45) is 0 Å². The highest BCUT2D eigenvalue weighted by atomic mass is 16.3. The highest BCUT2D eigenvalue weighted by Crippen LogP contribution is 2.08. The van der Waals surface area contributed by atoms with Gasteiger partial charge in [-0.15, -0.1) is 0 Å². The van der Waals surface area contributed by atoms with E-state index in [1.165, 1.54) is 13.0 Å². The van der Waals surface area contributed by atoms with Crippen molar-refractivity contribution < 1.29 is 5.11 Å². The molecule has 3 heteroatoms. The van der Waals surface area contributed by atoms with Crippen LogP contribution in [0.1, 0.15) is 12.8 Å². The lowest BCUT2D eigenvalue weighted by atomic mass is 10.3. The Morgan fingerprint density at radius 1 is 1.64 bits per heavy atom. The van der Waals surface area contributed by atoms with Crippen molar-refractivity contribution in [2.45, 2.75) is 18.9 Å². The van der Waals surface area contributed by atoms with E-state index in [1.807, 2.05) is 7.05 Å². The predicted molar refractivity (Wildman–Crippen MR) is 45.6 cm³/mol. The van der Waals surface area contributed by atoms with E-state index >= 15 is 0 Å². The normalized spacial score (nSPS) is 26.2. The number of nitrogens with one attached hydrogen (secondary N) is 1. The van der Waals surface area contributed by atoms with Crippen LogP contribution in [0.25, 0.3) is 0 Å². The standard InChI is InChI=1S/C8H18N2O/c1-9-8-3-5-10(7-8)4-2-6-11/h8-9,11H,2-7H2,1H3. The second-order valence-electron chi connectivity index (χ2n) is 3.15. The molecule has 1 aliphatic rings. The largest absolute Gasteiger partial charge is 0.396 e. The molecule has 0 aliphatic carbocycles. The van der Waals surface area contributed by atoms with Crippen LogP contribution in [0.5, 0.6) is 0 Å². The van der Waals surface area contributed by atoms with Gasteiger partial charge in [0, 0.05) is 25.7 Å². The third kappa shape index (κ3) is 2.77. The summed E-state index contributed by atoms with van der Waals surface area (Å²) in [7, 11) is 2.01. The summed E-state index contributed by atoms with van der Waals surface area (Å²) < 4.78 is 0. The lowest BCUT2D eigenvalue weighted by Gasteiger charge is -2.14. The van der Waals surface area contributed by atoms with Gasteiger partial charge in [-0.3, -0.25) is 0 Å². The van der Waals surface area contributed by atoms with Crippen molar-refractivity contribution in [2.75, 3.05) is 33.3 Å². The average Bonchev–Trinajstić information content (AvgIpc) is 2.48. The first kappa shape index (κ1) is 8.97. The van der Waals surface area contributed by atoms with Gasteiger partial charge < -0.3 is 15.3 Å². The van der Waals surface area contributed by atoms with Crippen LogP contribution in [-0.4, -0.2) is 49.3 Å². The zero-order valence-corrected chi connectivity index (χ0v) is 7.21. The Morgan fingerprint density at radius 2 is 2.45 bits per heavy atom. The van der Waals surface area contributed by atoms with E-state index in [4.69, 9.17) is 5.11 Å². The third-order valence-corrected chi connectivity index (χ3v) is 2.31. The summed E-state index contributed by atoms with van der Waals surface area (Å²) in [5.74, 6) is 0. The van der Waals surface area contributed by atoms with Gasteiger partial charge >= 0.3 is 0 Å². The predicted octanol–water partition coefficient (Wildman–Crippen LogP) is -0.337. The zero-order valence-electron chi connectivity index (χ0n) is 7.21. The molecule has 3 nitrogen and oxygen atoms in total. The van der Waals surface area contributed by atoms with Crippen LogP contribution in [0.2, 0.25) is 0 Å². The molecule has 1 rings (SSSR count). The van der Waals surface area contributed by atoms with Crippen molar-refractivity contribution in [3.8, 4) is 0 Å². The SMILES string of the molecule is CNC1CCN(CCCO)C1. The van der Waals surface area contributed by atoms with Crippen LogP contribution in [0, 0.1) is 0 Å². The number of aliphatic hydroxyl groups excluding tert-OH is 1. The Hall–Kier alpha value is -0.120. The number of hydrogen-bond donors (Lipinski definition) is 2. The van der Waals surface area contributed by atoms with Crippen molar-refractivity contribution in [3.05, 3.63) is 0 Å². The van der Waals surface area contributed by atoms with Crippen LogP contribution >= 0.6 is 0 Å². The number of hydrogen-bond acceptors (Lipinski definition) is 3. The summed E-state index contributed by atoms with van der Waals surface area (Å²) in [6.07, 6.45) is 2.17. The van der Waals surface area contributed by atoms with Crippen LogP contribution in [0.3, 0.4) is 0 Å². The molecular weight excluding hydrogens is 140 g/mol. The molecule has 1 aliphatic heterocycles. The van der Waals surface area contributed by atoms with Crippen molar-refractivity contribution in [1.82, 2.24) is 10.2 Å². The van der Waals surface area contributed by atoms with Gasteiger partial charge in [-0.25, -0.2) is 0 Å². The van der Waals surface area contributed by atoms with E-state index in [9.17, 15) is 0 Å². The molecular formula is C8H18N2O. The number of likely N-dealkylation sites (tertiary alicyclic amines) is 1. The summed E-state index contributed by atoms with van der Waals surface area (Å²) in [5.41, 5.74) is 0. The second kappa shape index (κ2) is 4.70. The summed E-state index contributed by atoms with van der Waals surface area (Å²) in [4.78, 5) is 2.40. The number of aliphatic hydroxyl groups is 1. The molecule has 0 amide bonds. The van der Waals surface area contributed by atoms with Gasteiger partial charge in [0.1, 0.15) is 0 Å². The van der Waals surface area contributed by atoms with Crippen molar-refractivity contribution in [3.63, 3.8) is 0 Å². The summed E-state index contributed by atoms with van der Waals surface area (Å²) in [5, 5.41) is 11.9. The van der Waals surface area contributed by atoms with Gasteiger partial charge in [-0.05, 0) is 26.4 Å². The second-order valence-corrected chi connectivity index (χ2v) is 3.15. The highest BCUT2D eigenvalue weighted by Gasteiger charge is 2.19. The molecule has 0 aromatic carbocycles. The van der Waals surface area contributed by atoms with E-state index in [0.717, 1.165) is 19.5 Å². The number of nitrogens with zero attached hydrogens (tertiary/aromatic N) is 1. The molecule has 1 atom stereocenters. The van der Waals surface area contributed by atoms with Crippen LogP contribution in [0.15, 0.2) is 0 Å². The van der Waals surface area contributed by atoms with E-state index in [0.29, 0.717) is 12.6 Å². The first-order valence-corrected chi connectivity index (χ1v) is 4.37. The Labute approximate surface area is 68.4 Å². The minimum atomic E-state index is 0.320. The quantitative estimate of drug-likeness (QED) is 0.587. The molecule has 0 aromatic heterocycles. The fourth-order valence-corrected chi connectivity index (χ4v) is 1.57. The average molecular weight is 158 g/mol. The molecule has 0 radical (unpaired) electrons. The summed E-state index contributed by atoms with van der Waals surface area (Å²) in [6.45, 7) is 3.71. The molecule has 11 heavy (non-hydrogen) atoms. The number of rotatable bonds is 4. The maximum atomic E-state index is 8.61.